The molecule has 3 rings (SSSR count). The molecule has 1 heterocycles. The molecule has 0 spiro atoms. The maximum Gasteiger partial charge on any atom is 0.238 e. The van der Waals surface area contributed by atoms with Crippen molar-refractivity contribution in [1.82, 2.24) is 4.90 Å². The minimum Gasteiger partial charge on any atom is -0.387 e. The van der Waals surface area contributed by atoms with Gasteiger partial charge in [0.2, 0.25) is 5.91 Å². The summed E-state index contributed by atoms with van der Waals surface area (Å²) in [6, 6.07) is 6.10. The van der Waals surface area contributed by atoms with E-state index < -0.39 is 11.4 Å². The Morgan fingerprint density at radius 3 is 2.74 bits per heavy atom. The maximum atomic E-state index is 13.4. The Balaban J connectivity index is 1.49. The minimum absolute atomic E-state index is 0.198. The second-order valence-electron chi connectivity index (χ2n) is 5.55. The molecule has 1 amide bonds. The number of para-hydroxylation sites is 1. The van der Waals surface area contributed by atoms with Crippen molar-refractivity contribution in [3.8, 4) is 0 Å². The van der Waals surface area contributed by atoms with Gasteiger partial charge in [0.05, 0.1) is 17.8 Å². The van der Waals surface area contributed by atoms with E-state index in [9.17, 15) is 14.3 Å². The summed E-state index contributed by atoms with van der Waals surface area (Å²) in [5.41, 5.74) is -0.386. The van der Waals surface area contributed by atoms with Crippen LogP contribution in [0.2, 0.25) is 0 Å². The van der Waals surface area contributed by atoms with E-state index in [1.54, 1.807) is 12.1 Å². The lowest BCUT2D eigenvalue weighted by Crippen LogP contribution is -2.64. The van der Waals surface area contributed by atoms with Crippen LogP contribution in [0.5, 0.6) is 0 Å². The van der Waals surface area contributed by atoms with Gasteiger partial charge >= 0.3 is 0 Å². The van der Waals surface area contributed by atoms with Crippen LogP contribution >= 0.6 is 0 Å². The number of carbonyl (C=O) groups is 1. The molecule has 1 saturated carbocycles. The van der Waals surface area contributed by atoms with Crippen molar-refractivity contribution < 1.29 is 14.3 Å². The first kappa shape index (κ1) is 12.6. The highest BCUT2D eigenvalue weighted by atomic mass is 19.1. The summed E-state index contributed by atoms with van der Waals surface area (Å²) in [5.74, 6) is -0.268. The standard InChI is InChI=1S/C14H17FN2O2/c15-11-3-1-2-4-12(11)16-13(18)7-17-8-14(19,9-17)10-5-6-10/h1-4,10,19H,5-9H2,(H,16,18). The smallest absolute Gasteiger partial charge is 0.238 e. The quantitative estimate of drug-likeness (QED) is 0.859. The van der Waals surface area contributed by atoms with Gasteiger partial charge in [-0.15, -0.1) is 0 Å². The number of carbonyl (C=O) groups excluding carboxylic acids is 1. The summed E-state index contributed by atoms with van der Waals surface area (Å²) in [6.07, 6.45) is 2.18. The van der Waals surface area contributed by atoms with E-state index in [0.29, 0.717) is 19.0 Å². The van der Waals surface area contributed by atoms with E-state index in [-0.39, 0.29) is 18.1 Å². The lowest BCUT2D eigenvalue weighted by atomic mass is 9.89. The van der Waals surface area contributed by atoms with Crippen LogP contribution in [0.15, 0.2) is 24.3 Å². The number of hydrogen-bond acceptors (Lipinski definition) is 3. The Hall–Kier alpha value is -1.46. The van der Waals surface area contributed by atoms with Crippen LogP contribution in [0.4, 0.5) is 10.1 Å². The zero-order chi connectivity index (χ0) is 13.5. The number of β-amino-alcohol motifs (C(OH)–C–C–N with tert-alkyl or cyclic N) is 1. The van der Waals surface area contributed by atoms with E-state index in [0.717, 1.165) is 12.8 Å². The van der Waals surface area contributed by atoms with E-state index in [1.807, 2.05) is 4.90 Å². The Kier molecular flexibility index (Phi) is 3.03. The van der Waals surface area contributed by atoms with E-state index in [1.165, 1.54) is 12.1 Å². The third kappa shape index (κ3) is 2.62. The number of nitrogens with zero attached hydrogens (tertiary/aromatic N) is 1. The van der Waals surface area contributed by atoms with Crippen molar-refractivity contribution in [3.05, 3.63) is 30.1 Å². The Labute approximate surface area is 111 Å². The van der Waals surface area contributed by atoms with Gasteiger partial charge in [-0.25, -0.2) is 4.39 Å². The number of aliphatic hydroxyl groups is 1. The number of halogens is 1. The van der Waals surface area contributed by atoms with Crippen LogP contribution < -0.4 is 5.32 Å². The predicted octanol–water partition coefficient (Wildman–Crippen LogP) is 1.22. The van der Waals surface area contributed by atoms with Gasteiger partial charge in [0.15, 0.2) is 0 Å². The number of anilines is 1. The second-order valence-corrected chi connectivity index (χ2v) is 5.55. The van der Waals surface area contributed by atoms with Gasteiger partial charge in [-0.1, -0.05) is 12.1 Å². The average molecular weight is 264 g/mol. The van der Waals surface area contributed by atoms with Crippen molar-refractivity contribution in [2.75, 3.05) is 25.0 Å². The van der Waals surface area contributed by atoms with Gasteiger partial charge in [-0.05, 0) is 30.9 Å². The molecular weight excluding hydrogens is 247 g/mol. The van der Waals surface area contributed by atoms with E-state index in [2.05, 4.69) is 5.32 Å². The molecular formula is C14H17FN2O2. The van der Waals surface area contributed by atoms with Gasteiger partial charge in [0, 0.05) is 13.1 Å². The first-order chi connectivity index (χ1) is 9.07. The Bertz CT molecular complexity index is 496. The number of rotatable bonds is 4. The Morgan fingerprint density at radius 1 is 1.42 bits per heavy atom. The first-order valence-corrected chi connectivity index (χ1v) is 6.56. The predicted molar refractivity (Wildman–Crippen MR) is 69.1 cm³/mol. The third-order valence-electron chi connectivity index (χ3n) is 3.85. The third-order valence-corrected chi connectivity index (χ3v) is 3.85. The molecule has 5 heteroatoms. The highest BCUT2D eigenvalue weighted by molar-refractivity contribution is 5.92. The van der Waals surface area contributed by atoms with Crippen molar-refractivity contribution in [2.45, 2.75) is 18.4 Å². The molecule has 0 aromatic heterocycles. The molecule has 0 radical (unpaired) electrons. The molecule has 1 aliphatic heterocycles. The van der Waals surface area contributed by atoms with Crippen molar-refractivity contribution in [3.63, 3.8) is 0 Å². The molecule has 2 fully saturated rings. The summed E-state index contributed by atoms with van der Waals surface area (Å²) < 4.78 is 13.4. The van der Waals surface area contributed by atoms with Gasteiger partial charge < -0.3 is 10.4 Å². The van der Waals surface area contributed by atoms with Crippen LogP contribution in [0, 0.1) is 11.7 Å². The lowest BCUT2D eigenvalue weighted by molar-refractivity contribution is -0.132. The van der Waals surface area contributed by atoms with Gasteiger partial charge in [-0.3, -0.25) is 9.69 Å². The molecule has 2 N–H and O–H groups in total. The molecule has 102 valence electrons. The minimum atomic E-state index is -0.585. The highest BCUT2D eigenvalue weighted by Gasteiger charge is 2.51. The van der Waals surface area contributed by atoms with E-state index >= 15 is 0 Å². The molecule has 2 aliphatic rings. The number of amides is 1. The monoisotopic (exact) mass is 264 g/mol. The zero-order valence-corrected chi connectivity index (χ0v) is 10.6. The largest absolute Gasteiger partial charge is 0.387 e. The molecule has 1 aliphatic carbocycles. The fraction of sp³-hybridized carbons (Fsp3) is 0.500. The van der Waals surface area contributed by atoms with E-state index in [4.69, 9.17) is 0 Å². The van der Waals surface area contributed by atoms with Crippen molar-refractivity contribution in [1.29, 1.82) is 0 Å². The molecule has 19 heavy (non-hydrogen) atoms. The van der Waals surface area contributed by atoms with Crippen LogP contribution in [-0.4, -0.2) is 41.1 Å². The molecule has 0 bridgehead atoms. The molecule has 1 saturated heterocycles. The summed E-state index contributed by atoms with van der Waals surface area (Å²) in [5, 5.41) is 12.7. The van der Waals surface area contributed by atoms with Crippen LogP contribution in [-0.2, 0) is 4.79 Å². The first-order valence-electron chi connectivity index (χ1n) is 6.56. The topological polar surface area (TPSA) is 52.6 Å². The lowest BCUT2D eigenvalue weighted by Gasteiger charge is -2.46. The zero-order valence-electron chi connectivity index (χ0n) is 10.6. The van der Waals surface area contributed by atoms with Gasteiger partial charge in [-0.2, -0.15) is 0 Å². The summed E-state index contributed by atoms with van der Waals surface area (Å²) in [7, 11) is 0. The van der Waals surface area contributed by atoms with Crippen LogP contribution in [0.25, 0.3) is 0 Å². The normalized spacial score (nSPS) is 21.8. The number of likely N-dealkylation sites (tertiary alicyclic amines) is 1. The van der Waals surface area contributed by atoms with Crippen LogP contribution in [0.3, 0.4) is 0 Å². The fourth-order valence-corrected chi connectivity index (χ4v) is 2.67. The summed E-state index contributed by atoms with van der Waals surface area (Å²) in [4.78, 5) is 13.6. The van der Waals surface area contributed by atoms with Gasteiger partial charge in [0.1, 0.15) is 5.82 Å². The second kappa shape index (κ2) is 4.58. The van der Waals surface area contributed by atoms with Crippen LogP contribution in [0.1, 0.15) is 12.8 Å². The van der Waals surface area contributed by atoms with Crippen molar-refractivity contribution >= 4 is 11.6 Å². The van der Waals surface area contributed by atoms with Gasteiger partial charge in [0.25, 0.3) is 0 Å². The molecule has 0 unspecified atom stereocenters. The molecule has 1 aromatic rings. The summed E-state index contributed by atoms with van der Waals surface area (Å²) in [6.45, 7) is 1.29. The SMILES string of the molecule is O=C(CN1CC(O)(C2CC2)C1)Nc1ccccc1F. The Morgan fingerprint density at radius 2 is 2.11 bits per heavy atom. The fourth-order valence-electron chi connectivity index (χ4n) is 2.67. The maximum absolute atomic E-state index is 13.4. The average Bonchev–Trinajstić information content (AvgIpc) is 3.14. The molecule has 4 nitrogen and oxygen atoms in total. The van der Waals surface area contributed by atoms with Crippen molar-refractivity contribution in [2.24, 2.45) is 5.92 Å². The highest BCUT2D eigenvalue weighted by Crippen LogP contribution is 2.44. The number of nitrogens with one attached hydrogen (secondary N) is 1. The number of benzene rings is 1. The molecule has 1 aromatic carbocycles. The number of hydrogen-bond donors (Lipinski definition) is 2. The molecule has 0 atom stereocenters. The summed E-state index contributed by atoms with van der Waals surface area (Å²) >= 11 is 0.